The average molecular weight is 458 g/mol. The number of anilines is 1. The topological polar surface area (TPSA) is 73.2 Å². The van der Waals surface area contributed by atoms with Gasteiger partial charge < -0.3 is 10.1 Å². The molecule has 34 heavy (non-hydrogen) atoms. The highest BCUT2D eigenvalue weighted by molar-refractivity contribution is 5.92. The summed E-state index contributed by atoms with van der Waals surface area (Å²) < 4.78 is 21.3. The molecule has 1 aromatic heterocycles. The van der Waals surface area contributed by atoms with Crippen molar-refractivity contribution in [2.75, 3.05) is 5.32 Å². The summed E-state index contributed by atoms with van der Waals surface area (Å²) in [5.74, 6) is -0.783. The first-order valence-corrected chi connectivity index (χ1v) is 10.9. The van der Waals surface area contributed by atoms with Gasteiger partial charge in [0, 0.05) is 24.6 Å². The van der Waals surface area contributed by atoms with Crippen LogP contribution in [-0.2, 0) is 9.59 Å². The number of ether oxygens (including phenoxy) is 1. The van der Waals surface area contributed by atoms with Crippen molar-refractivity contribution in [2.24, 2.45) is 0 Å². The summed E-state index contributed by atoms with van der Waals surface area (Å²) in [6.07, 6.45) is 0.366. The van der Waals surface area contributed by atoms with E-state index in [1.807, 2.05) is 31.2 Å². The molecule has 7 heteroatoms. The maximum absolute atomic E-state index is 14.1. The highest BCUT2D eigenvalue weighted by atomic mass is 19.1. The molecule has 0 unspecified atom stereocenters. The zero-order valence-electron chi connectivity index (χ0n) is 19.1. The lowest BCUT2D eigenvalue weighted by atomic mass is 10.0. The largest absolute Gasteiger partial charge is 0.407 e. The normalized spacial score (nSPS) is 10.7. The van der Waals surface area contributed by atoms with E-state index < -0.39 is 11.8 Å². The van der Waals surface area contributed by atoms with Crippen LogP contribution >= 0.6 is 0 Å². The SMILES string of the molecule is CCC(=O)Nc1ccc(-c2c(-c3cccc(F)c3)nn(-c3ccc(C)cc3)c2OC(C)=O)cc1. The van der Waals surface area contributed by atoms with Crippen molar-refractivity contribution in [3.8, 4) is 34.0 Å². The monoisotopic (exact) mass is 457 g/mol. The molecule has 4 rings (SSSR count). The Balaban J connectivity index is 1.94. The van der Waals surface area contributed by atoms with E-state index in [9.17, 15) is 14.0 Å². The first kappa shape index (κ1) is 22.9. The lowest BCUT2D eigenvalue weighted by molar-refractivity contribution is -0.132. The van der Waals surface area contributed by atoms with E-state index >= 15 is 0 Å². The third kappa shape index (κ3) is 4.88. The van der Waals surface area contributed by atoms with Gasteiger partial charge >= 0.3 is 5.97 Å². The fourth-order valence-corrected chi connectivity index (χ4v) is 3.56. The lowest BCUT2D eigenvalue weighted by Gasteiger charge is -2.10. The summed E-state index contributed by atoms with van der Waals surface area (Å²) in [7, 11) is 0. The van der Waals surface area contributed by atoms with Crippen LogP contribution in [0.2, 0.25) is 0 Å². The molecule has 4 aromatic rings. The van der Waals surface area contributed by atoms with Crippen LogP contribution in [-0.4, -0.2) is 21.7 Å². The van der Waals surface area contributed by atoms with Crippen LogP contribution in [0, 0.1) is 12.7 Å². The van der Waals surface area contributed by atoms with Crippen LogP contribution < -0.4 is 10.1 Å². The van der Waals surface area contributed by atoms with Gasteiger partial charge in [0.15, 0.2) is 0 Å². The van der Waals surface area contributed by atoms with Gasteiger partial charge in [-0.15, -0.1) is 0 Å². The quantitative estimate of drug-likeness (QED) is 0.364. The summed E-state index contributed by atoms with van der Waals surface area (Å²) in [4.78, 5) is 23.8. The molecule has 0 fully saturated rings. The van der Waals surface area contributed by atoms with Crippen molar-refractivity contribution >= 4 is 17.6 Å². The summed E-state index contributed by atoms with van der Waals surface area (Å²) in [5, 5.41) is 7.55. The number of hydrogen-bond acceptors (Lipinski definition) is 4. The molecular weight excluding hydrogens is 433 g/mol. The van der Waals surface area contributed by atoms with E-state index in [0.29, 0.717) is 40.2 Å². The Morgan fingerprint density at radius 3 is 2.32 bits per heavy atom. The van der Waals surface area contributed by atoms with Gasteiger partial charge in [0.05, 0.1) is 11.3 Å². The minimum atomic E-state index is -0.507. The van der Waals surface area contributed by atoms with Crippen LogP contribution in [0.15, 0.2) is 72.8 Å². The number of amides is 1. The molecule has 3 aromatic carbocycles. The Hall–Kier alpha value is -4.26. The average Bonchev–Trinajstić information content (AvgIpc) is 3.18. The fraction of sp³-hybridized carbons (Fsp3) is 0.148. The molecule has 172 valence electrons. The van der Waals surface area contributed by atoms with Gasteiger partial charge in [0.25, 0.3) is 0 Å². The van der Waals surface area contributed by atoms with Gasteiger partial charge in [0.2, 0.25) is 11.8 Å². The molecule has 0 spiro atoms. The van der Waals surface area contributed by atoms with E-state index in [2.05, 4.69) is 5.32 Å². The third-order valence-electron chi connectivity index (χ3n) is 5.24. The van der Waals surface area contributed by atoms with E-state index in [1.165, 1.54) is 19.1 Å². The maximum atomic E-state index is 14.1. The second-order valence-corrected chi connectivity index (χ2v) is 7.86. The van der Waals surface area contributed by atoms with E-state index in [0.717, 1.165) is 5.56 Å². The Bertz CT molecular complexity index is 1340. The number of benzene rings is 3. The van der Waals surface area contributed by atoms with Crippen LogP contribution in [0.3, 0.4) is 0 Å². The molecule has 0 aliphatic rings. The molecule has 0 atom stereocenters. The molecule has 0 radical (unpaired) electrons. The minimum Gasteiger partial charge on any atom is -0.407 e. The third-order valence-corrected chi connectivity index (χ3v) is 5.24. The molecule has 0 saturated carbocycles. The first-order chi connectivity index (χ1) is 16.4. The molecule has 1 N–H and O–H groups in total. The number of aromatic nitrogens is 2. The Morgan fingerprint density at radius 1 is 1.00 bits per heavy atom. The molecule has 0 saturated heterocycles. The van der Waals surface area contributed by atoms with Crippen molar-refractivity contribution in [3.63, 3.8) is 0 Å². The van der Waals surface area contributed by atoms with Crippen molar-refractivity contribution < 1.29 is 18.7 Å². The highest BCUT2D eigenvalue weighted by Gasteiger charge is 2.24. The van der Waals surface area contributed by atoms with Gasteiger partial charge in [-0.25, -0.2) is 4.39 Å². The molecule has 1 amide bonds. The van der Waals surface area contributed by atoms with Crippen molar-refractivity contribution in [3.05, 3.63) is 84.2 Å². The number of carbonyl (C=O) groups excluding carboxylic acids is 2. The van der Waals surface area contributed by atoms with Crippen molar-refractivity contribution in [2.45, 2.75) is 27.2 Å². The van der Waals surface area contributed by atoms with Crippen molar-refractivity contribution in [1.29, 1.82) is 0 Å². The molecule has 6 nitrogen and oxygen atoms in total. The number of carbonyl (C=O) groups is 2. The Labute approximate surface area is 197 Å². The number of aryl methyl sites for hydroxylation is 1. The number of esters is 1. The number of rotatable bonds is 6. The van der Waals surface area contributed by atoms with Crippen LogP contribution in [0.5, 0.6) is 5.88 Å². The zero-order chi connectivity index (χ0) is 24.2. The summed E-state index contributed by atoms with van der Waals surface area (Å²) in [6.45, 7) is 5.07. The predicted molar refractivity (Wildman–Crippen MR) is 129 cm³/mol. The standard InChI is InChI=1S/C27H24FN3O3/c1-4-24(33)29-22-12-10-19(11-13-22)25-26(20-6-5-7-21(28)16-20)30-31(27(25)34-18(3)32)23-14-8-17(2)9-15-23/h5-16H,4H2,1-3H3,(H,29,33). The van der Waals surface area contributed by atoms with E-state index in [1.54, 1.807) is 48.0 Å². The highest BCUT2D eigenvalue weighted by Crippen LogP contribution is 2.41. The van der Waals surface area contributed by atoms with Gasteiger partial charge in [0.1, 0.15) is 11.5 Å². The zero-order valence-corrected chi connectivity index (χ0v) is 19.1. The van der Waals surface area contributed by atoms with Crippen LogP contribution in [0.1, 0.15) is 25.8 Å². The smallest absolute Gasteiger partial charge is 0.309 e. The second-order valence-electron chi connectivity index (χ2n) is 7.86. The number of nitrogens with one attached hydrogen (secondary N) is 1. The van der Waals surface area contributed by atoms with Gasteiger partial charge in [-0.3, -0.25) is 9.59 Å². The van der Waals surface area contributed by atoms with E-state index in [-0.39, 0.29) is 11.8 Å². The van der Waals surface area contributed by atoms with E-state index in [4.69, 9.17) is 9.84 Å². The van der Waals surface area contributed by atoms with Crippen LogP contribution in [0.4, 0.5) is 10.1 Å². The second kappa shape index (κ2) is 9.70. The van der Waals surface area contributed by atoms with Gasteiger partial charge in [-0.2, -0.15) is 9.78 Å². The minimum absolute atomic E-state index is 0.0963. The fourth-order valence-electron chi connectivity index (χ4n) is 3.56. The number of halogens is 1. The molecule has 0 aliphatic heterocycles. The molecule has 0 aliphatic carbocycles. The first-order valence-electron chi connectivity index (χ1n) is 10.9. The van der Waals surface area contributed by atoms with Crippen LogP contribution in [0.25, 0.3) is 28.1 Å². The molecular formula is C27H24FN3O3. The summed E-state index contributed by atoms with van der Waals surface area (Å²) in [5.41, 5.74) is 4.64. The number of hydrogen-bond donors (Lipinski definition) is 1. The summed E-state index contributed by atoms with van der Waals surface area (Å²) >= 11 is 0. The lowest BCUT2D eigenvalue weighted by Crippen LogP contribution is -2.09. The Kier molecular flexibility index (Phi) is 6.54. The molecule has 1 heterocycles. The van der Waals surface area contributed by atoms with Crippen molar-refractivity contribution in [1.82, 2.24) is 9.78 Å². The van der Waals surface area contributed by atoms with Gasteiger partial charge in [-0.1, -0.05) is 48.9 Å². The maximum Gasteiger partial charge on any atom is 0.309 e. The summed E-state index contributed by atoms with van der Waals surface area (Å²) in [6, 6.07) is 20.8. The predicted octanol–water partition coefficient (Wildman–Crippen LogP) is 5.93. The Morgan fingerprint density at radius 2 is 1.71 bits per heavy atom. The number of nitrogens with zero attached hydrogens (tertiary/aromatic N) is 2. The molecule has 0 bridgehead atoms. The van der Waals surface area contributed by atoms with Gasteiger partial charge in [-0.05, 0) is 48.9 Å².